The highest BCUT2D eigenvalue weighted by atomic mass is 15.1. The Balaban J connectivity index is 1.36. The Morgan fingerprint density at radius 1 is 0.938 bits per heavy atom. The van der Waals surface area contributed by atoms with Crippen LogP contribution in [0.2, 0.25) is 0 Å². The van der Waals surface area contributed by atoms with Gasteiger partial charge in [0, 0.05) is 42.1 Å². The van der Waals surface area contributed by atoms with Crippen LogP contribution in [0.25, 0.3) is 0 Å². The van der Waals surface area contributed by atoms with Crippen molar-refractivity contribution in [1.82, 2.24) is 0 Å². The number of anilines is 1. The van der Waals surface area contributed by atoms with E-state index in [-0.39, 0.29) is 0 Å². The smallest absolute Gasteiger partial charge is 0.208 e. The molecule has 1 unspecified atom stereocenters. The second kappa shape index (κ2) is 11.1. The monoisotopic (exact) mass is 425 g/mol. The van der Waals surface area contributed by atoms with Crippen molar-refractivity contribution in [2.24, 2.45) is 0 Å². The van der Waals surface area contributed by atoms with Gasteiger partial charge in [-0.15, -0.1) is 0 Å². The average molecular weight is 426 g/mol. The van der Waals surface area contributed by atoms with Crippen molar-refractivity contribution in [3.05, 3.63) is 96.2 Å². The highest BCUT2D eigenvalue weighted by molar-refractivity contribution is 5.96. The molecule has 0 amide bonds. The van der Waals surface area contributed by atoms with Crippen molar-refractivity contribution in [3.63, 3.8) is 0 Å². The zero-order valence-electron chi connectivity index (χ0n) is 19.7. The van der Waals surface area contributed by atoms with E-state index in [1.165, 1.54) is 66.7 Å². The summed E-state index contributed by atoms with van der Waals surface area (Å²) in [5.41, 5.74) is 6.85. The van der Waals surface area contributed by atoms with Gasteiger partial charge < -0.3 is 4.90 Å². The van der Waals surface area contributed by atoms with Gasteiger partial charge in [0.15, 0.2) is 5.71 Å². The standard InChI is InChI=1S/C30H37N2/c1-3-4-5-6-7-14-22-32-23-21-25(28-18-11-13-20-30(28)32)15-8-10-17-27-24-26-16-9-12-19-29(26)31(27)2/h8-13,15-21,23,25H,3-7,14,22,24H2,1-2H3/q+1/b15-8+,17-10+. The zero-order valence-corrected chi connectivity index (χ0v) is 19.7. The first-order valence-corrected chi connectivity index (χ1v) is 12.3. The first-order chi connectivity index (χ1) is 15.8. The van der Waals surface area contributed by atoms with Gasteiger partial charge in [0.2, 0.25) is 5.69 Å². The number of allylic oxidation sites excluding steroid dienone is 5. The molecule has 2 nitrogen and oxygen atoms in total. The lowest BCUT2D eigenvalue weighted by Crippen LogP contribution is -2.22. The van der Waals surface area contributed by atoms with Crippen LogP contribution in [0.3, 0.4) is 0 Å². The largest absolute Gasteiger partial charge is 0.348 e. The second-order valence-corrected chi connectivity index (χ2v) is 8.99. The van der Waals surface area contributed by atoms with Gasteiger partial charge in [0.1, 0.15) is 7.05 Å². The van der Waals surface area contributed by atoms with Gasteiger partial charge >= 0.3 is 0 Å². The van der Waals surface area contributed by atoms with E-state index in [0.717, 1.165) is 13.0 Å². The fourth-order valence-corrected chi connectivity index (χ4v) is 4.81. The molecule has 1 atom stereocenters. The van der Waals surface area contributed by atoms with Gasteiger partial charge in [-0.05, 0) is 18.1 Å². The molecule has 2 aromatic carbocycles. The molecule has 2 aliphatic rings. The average Bonchev–Trinajstić information content (AvgIpc) is 3.15. The van der Waals surface area contributed by atoms with Gasteiger partial charge in [-0.2, -0.15) is 4.58 Å². The maximum atomic E-state index is 2.44. The minimum Gasteiger partial charge on any atom is -0.348 e. The summed E-state index contributed by atoms with van der Waals surface area (Å²) in [4.78, 5) is 2.44. The molecule has 0 aliphatic carbocycles. The molecule has 2 aliphatic heterocycles. The lowest BCUT2D eigenvalue weighted by atomic mass is 9.93. The summed E-state index contributed by atoms with van der Waals surface area (Å²) in [6, 6.07) is 17.5. The van der Waals surface area contributed by atoms with E-state index in [1.807, 2.05) is 0 Å². The van der Waals surface area contributed by atoms with E-state index in [1.54, 1.807) is 0 Å². The first-order valence-electron chi connectivity index (χ1n) is 12.3. The SMILES string of the molecule is CCCCCCCCN1C=CC(/C=C/C=C/C2=[N+](C)c3ccccc3C2)c2ccccc21. The second-order valence-electron chi connectivity index (χ2n) is 8.99. The molecule has 166 valence electrons. The van der Waals surface area contributed by atoms with E-state index in [0.29, 0.717) is 5.92 Å². The molecule has 0 N–H and O–H groups in total. The first kappa shape index (κ1) is 22.3. The third-order valence-electron chi connectivity index (χ3n) is 6.70. The number of rotatable bonds is 10. The molecule has 0 saturated carbocycles. The van der Waals surface area contributed by atoms with Crippen LogP contribution in [0, 0.1) is 0 Å². The Bertz CT molecular complexity index is 1020. The van der Waals surface area contributed by atoms with Gasteiger partial charge in [-0.1, -0.05) is 99.7 Å². The fraction of sp³-hybridized carbons (Fsp3) is 0.367. The van der Waals surface area contributed by atoms with E-state index in [4.69, 9.17) is 0 Å². The minimum atomic E-state index is 0.333. The van der Waals surface area contributed by atoms with Crippen molar-refractivity contribution < 1.29 is 4.58 Å². The van der Waals surface area contributed by atoms with Crippen molar-refractivity contribution in [3.8, 4) is 0 Å². The lowest BCUT2D eigenvalue weighted by molar-refractivity contribution is -0.400. The van der Waals surface area contributed by atoms with Crippen LogP contribution < -0.4 is 4.90 Å². The van der Waals surface area contributed by atoms with Crippen molar-refractivity contribution in [1.29, 1.82) is 0 Å². The number of unbranched alkanes of at least 4 members (excludes halogenated alkanes) is 5. The summed E-state index contributed by atoms with van der Waals surface area (Å²) in [7, 11) is 2.16. The Hall–Kier alpha value is -2.87. The number of fused-ring (bicyclic) bond motifs is 2. The molecule has 0 fully saturated rings. The molecule has 0 saturated heterocycles. The lowest BCUT2D eigenvalue weighted by Gasteiger charge is -2.29. The molecule has 0 radical (unpaired) electrons. The highest BCUT2D eigenvalue weighted by Gasteiger charge is 2.24. The molecule has 0 aromatic heterocycles. The Kier molecular flexibility index (Phi) is 7.77. The summed E-state index contributed by atoms with van der Waals surface area (Å²) in [5.74, 6) is 0.333. The van der Waals surface area contributed by atoms with Crippen LogP contribution in [0.1, 0.15) is 62.5 Å². The minimum absolute atomic E-state index is 0.333. The van der Waals surface area contributed by atoms with Gasteiger partial charge in [0.25, 0.3) is 0 Å². The third kappa shape index (κ3) is 5.30. The summed E-state index contributed by atoms with van der Waals surface area (Å²) in [6.07, 6.45) is 22.6. The Morgan fingerprint density at radius 3 is 2.59 bits per heavy atom. The Labute approximate surface area is 194 Å². The van der Waals surface area contributed by atoms with Gasteiger partial charge in [0.05, 0.1) is 6.42 Å². The van der Waals surface area contributed by atoms with E-state index < -0.39 is 0 Å². The Morgan fingerprint density at radius 2 is 1.72 bits per heavy atom. The summed E-state index contributed by atoms with van der Waals surface area (Å²) >= 11 is 0. The molecule has 2 heterocycles. The molecular formula is C30H37N2+. The molecular weight excluding hydrogens is 388 g/mol. The number of benzene rings is 2. The van der Waals surface area contributed by atoms with Crippen LogP contribution in [-0.4, -0.2) is 23.9 Å². The normalized spacial score (nSPS) is 17.6. The van der Waals surface area contributed by atoms with E-state index in [9.17, 15) is 0 Å². The van der Waals surface area contributed by atoms with Crippen LogP contribution in [0.5, 0.6) is 0 Å². The molecule has 32 heavy (non-hydrogen) atoms. The zero-order chi connectivity index (χ0) is 22.2. The van der Waals surface area contributed by atoms with E-state index >= 15 is 0 Å². The summed E-state index contributed by atoms with van der Waals surface area (Å²) in [6.45, 7) is 3.39. The van der Waals surface area contributed by atoms with Crippen LogP contribution in [0.15, 0.2) is 85.1 Å². The predicted molar refractivity (Wildman–Crippen MR) is 138 cm³/mol. The summed E-state index contributed by atoms with van der Waals surface area (Å²) < 4.78 is 2.30. The molecule has 0 spiro atoms. The molecule has 4 rings (SSSR count). The number of nitrogens with zero attached hydrogens (tertiary/aromatic N) is 2. The van der Waals surface area contributed by atoms with Gasteiger partial charge in [-0.3, -0.25) is 0 Å². The fourth-order valence-electron chi connectivity index (χ4n) is 4.81. The number of para-hydroxylation sites is 2. The molecule has 2 aromatic rings. The van der Waals surface area contributed by atoms with Crippen molar-refractivity contribution >= 4 is 17.1 Å². The van der Waals surface area contributed by atoms with E-state index in [2.05, 4.69) is 109 Å². The van der Waals surface area contributed by atoms with Gasteiger partial charge in [-0.25, -0.2) is 0 Å². The van der Waals surface area contributed by atoms with Crippen LogP contribution >= 0.6 is 0 Å². The topological polar surface area (TPSA) is 6.25 Å². The van der Waals surface area contributed by atoms with Crippen molar-refractivity contribution in [2.45, 2.75) is 57.8 Å². The highest BCUT2D eigenvalue weighted by Crippen LogP contribution is 2.34. The number of hydrogen-bond acceptors (Lipinski definition) is 1. The predicted octanol–water partition coefficient (Wildman–Crippen LogP) is 7.55. The van der Waals surface area contributed by atoms with Crippen molar-refractivity contribution in [2.75, 3.05) is 18.5 Å². The quantitative estimate of drug-likeness (QED) is 0.216. The molecule has 0 bridgehead atoms. The molecule has 2 heteroatoms. The summed E-state index contributed by atoms with van der Waals surface area (Å²) in [5, 5.41) is 0. The number of hydrogen-bond donors (Lipinski definition) is 0. The maximum absolute atomic E-state index is 2.44. The van der Waals surface area contributed by atoms with Crippen LogP contribution in [0.4, 0.5) is 11.4 Å². The van der Waals surface area contributed by atoms with Crippen LogP contribution in [-0.2, 0) is 6.42 Å². The maximum Gasteiger partial charge on any atom is 0.208 e. The third-order valence-corrected chi connectivity index (χ3v) is 6.70.